The summed E-state index contributed by atoms with van der Waals surface area (Å²) >= 11 is 1.79. The van der Waals surface area contributed by atoms with Crippen molar-refractivity contribution in [3.05, 3.63) is 29.6 Å². The van der Waals surface area contributed by atoms with Gasteiger partial charge in [0.2, 0.25) is 0 Å². The van der Waals surface area contributed by atoms with E-state index in [4.69, 9.17) is 0 Å². The lowest BCUT2D eigenvalue weighted by molar-refractivity contribution is 0.372. The molecule has 2 rings (SSSR count). The van der Waals surface area contributed by atoms with Gasteiger partial charge in [-0.1, -0.05) is 26.8 Å². The van der Waals surface area contributed by atoms with Crippen LogP contribution in [0.4, 0.5) is 4.39 Å². The predicted octanol–water partition coefficient (Wildman–Crippen LogP) is 4.00. The fourth-order valence-corrected chi connectivity index (χ4v) is 3.61. The second-order valence-electron chi connectivity index (χ2n) is 4.80. The summed E-state index contributed by atoms with van der Waals surface area (Å²) in [5, 5.41) is 4.12. The van der Waals surface area contributed by atoms with Crippen LogP contribution in [0, 0.1) is 11.7 Å². The van der Waals surface area contributed by atoms with Crippen LogP contribution in [0.5, 0.6) is 0 Å². The van der Waals surface area contributed by atoms with Crippen LogP contribution in [0.15, 0.2) is 23.1 Å². The summed E-state index contributed by atoms with van der Waals surface area (Å²) in [4.78, 5) is 1.10. The molecule has 0 bridgehead atoms. The van der Waals surface area contributed by atoms with Crippen molar-refractivity contribution in [1.82, 2.24) is 5.32 Å². The van der Waals surface area contributed by atoms with Crippen molar-refractivity contribution < 1.29 is 4.39 Å². The zero-order valence-corrected chi connectivity index (χ0v) is 11.5. The molecule has 0 aliphatic carbocycles. The quantitative estimate of drug-likeness (QED) is 0.874. The fraction of sp³-hybridized carbons (Fsp3) is 0.571. The summed E-state index contributed by atoms with van der Waals surface area (Å²) in [5.41, 5.74) is 1.26. The van der Waals surface area contributed by atoms with Crippen LogP contribution in [0.2, 0.25) is 0 Å². The third-order valence-electron chi connectivity index (χ3n) is 3.50. The molecule has 0 fully saturated rings. The Morgan fingerprint density at radius 1 is 1.35 bits per heavy atom. The molecule has 0 amide bonds. The molecule has 3 heteroatoms. The predicted molar refractivity (Wildman–Crippen MR) is 71.9 cm³/mol. The second-order valence-corrected chi connectivity index (χ2v) is 6.22. The Labute approximate surface area is 107 Å². The highest BCUT2D eigenvalue weighted by atomic mass is 32.2. The summed E-state index contributed by atoms with van der Waals surface area (Å²) in [5.74, 6) is 0.441. The first kappa shape index (κ1) is 12.9. The minimum atomic E-state index is -0.132. The summed E-state index contributed by atoms with van der Waals surface area (Å²) in [6.45, 7) is 7.69. The number of halogens is 1. The van der Waals surface area contributed by atoms with E-state index in [1.165, 1.54) is 5.56 Å². The van der Waals surface area contributed by atoms with Gasteiger partial charge in [-0.15, -0.1) is 11.8 Å². The maximum Gasteiger partial charge on any atom is 0.124 e. The highest BCUT2D eigenvalue weighted by Crippen LogP contribution is 2.44. The standard InChI is InChI=1S/C14H20FNS/c1-4-7-16-14-9(2)10(3)17-13-8-11(15)5-6-12(13)14/h5-6,8-10,14,16H,4,7H2,1-3H3. The highest BCUT2D eigenvalue weighted by molar-refractivity contribution is 8.00. The molecule has 0 saturated carbocycles. The largest absolute Gasteiger partial charge is 0.310 e. The SMILES string of the molecule is CCCNC1c2ccc(F)cc2SC(C)C1C. The number of thioether (sulfide) groups is 1. The maximum absolute atomic E-state index is 13.3. The van der Waals surface area contributed by atoms with Crippen molar-refractivity contribution in [2.75, 3.05) is 6.54 Å². The van der Waals surface area contributed by atoms with Crippen molar-refractivity contribution in [3.63, 3.8) is 0 Å². The Balaban J connectivity index is 2.31. The van der Waals surface area contributed by atoms with Crippen molar-refractivity contribution >= 4 is 11.8 Å². The Morgan fingerprint density at radius 3 is 2.82 bits per heavy atom. The average molecular weight is 253 g/mol. The summed E-state index contributed by atoms with van der Waals surface area (Å²) in [6.07, 6.45) is 1.13. The van der Waals surface area contributed by atoms with Crippen LogP contribution in [0.25, 0.3) is 0 Å². The van der Waals surface area contributed by atoms with Gasteiger partial charge in [-0.25, -0.2) is 4.39 Å². The van der Waals surface area contributed by atoms with E-state index >= 15 is 0 Å². The Morgan fingerprint density at radius 2 is 2.12 bits per heavy atom. The topological polar surface area (TPSA) is 12.0 Å². The fourth-order valence-electron chi connectivity index (χ4n) is 2.32. The number of fused-ring (bicyclic) bond motifs is 1. The number of benzene rings is 1. The third kappa shape index (κ3) is 2.66. The molecule has 0 aromatic heterocycles. The van der Waals surface area contributed by atoms with Crippen LogP contribution >= 0.6 is 11.8 Å². The van der Waals surface area contributed by atoms with Gasteiger partial charge in [0.05, 0.1) is 0 Å². The van der Waals surface area contributed by atoms with Gasteiger partial charge in [-0.2, -0.15) is 0 Å². The molecular weight excluding hydrogens is 233 g/mol. The van der Waals surface area contributed by atoms with Gasteiger partial charge in [-0.3, -0.25) is 0 Å². The van der Waals surface area contributed by atoms with E-state index in [0.717, 1.165) is 17.9 Å². The lowest BCUT2D eigenvalue weighted by Gasteiger charge is -2.36. The van der Waals surface area contributed by atoms with Crippen LogP contribution in [0.1, 0.15) is 38.8 Å². The first-order valence-corrected chi connectivity index (χ1v) is 7.21. The molecule has 0 spiro atoms. The van der Waals surface area contributed by atoms with E-state index in [1.54, 1.807) is 23.9 Å². The molecule has 0 saturated heterocycles. The molecule has 1 heterocycles. The van der Waals surface area contributed by atoms with Crippen molar-refractivity contribution in [1.29, 1.82) is 0 Å². The first-order chi connectivity index (χ1) is 8.13. The van der Waals surface area contributed by atoms with E-state index in [2.05, 4.69) is 26.1 Å². The second kappa shape index (κ2) is 5.40. The van der Waals surface area contributed by atoms with E-state index < -0.39 is 0 Å². The highest BCUT2D eigenvalue weighted by Gasteiger charge is 2.31. The molecule has 1 aliphatic heterocycles. The van der Waals surface area contributed by atoms with Crippen LogP contribution in [-0.2, 0) is 0 Å². The van der Waals surface area contributed by atoms with Crippen LogP contribution < -0.4 is 5.32 Å². The zero-order valence-electron chi connectivity index (χ0n) is 10.7. The lowest BCUT2D eigenvalue weighted by atomic mass is 9.91. The molecule has 3 atom stereocenters. The van der Waals surface area contributed by atoms with Gasteiger partial charge in [0, 0.05) is 16.2 Å². The van der Waals surface area contributed by atoms with E-state index in [-0.39, 0.29) is 5.82 Å². The Bertz CT molecular complexity index is 394. The van der Waals surface area contributed by atoms with Crippen molar-refractivity contribution in [2.45, 2.75) is 43.4 Å². The summed E-state index contributed by atoms with van der Waals surface area (Å²) in [6, 6.07) is 5.54. The van der Waals surface area contributed by atoms with Gasteiger partial charge in [0.1, 0.15) is 5.82 Å². The summed E-state index contributed by atoms with van der Waals surface area (Å²) in [7, 11) is 0. The molecule has 3 unspecified atom stereocenters. The van der Waals surface area contributed by atoms with Gasteiger partial charge in [-0.05, 0) is 36.6 Å². The van der Waals surface area contributed by atoms with E-state index in [0.29, 0.717) is 17.2 Å². The minimum absolute atomic E-state index is 0.132. The number of nitrogens with one attached hydrogen (secondary N) is 1. The Hall–Kier alpha value is -0.540. The third-order valence-corrected chi connectivity index (χ3v) is 4.91. The van der Waals surface area contributed by atoms with E-state index in [1.807, 2.05) is 6.07 Å². The van der Waals surface area contributed by atoms with Crippen LogP contribution in [-0.4, -0.2) is 11.8 Å². The average Bonchev–Trinajstić information content (AvgIpc) is 2.30. The molecule has 94 valence electrons. The van der Waals surface area contributed by atoms with Crippen molar-refractivity contribution in [3.8, 4) is 0 Å². The lowest BCUT2D eigenvalue weighted by Crippen LogP contribution is -2.35. The number of hydrogen-bond acceptors (Lipinski definition) is 2. The monoisotopic (exact) mass is 253 g/mol. The van der Waals surface area contributed by atoms with Gasteiger partial charge < -0.3 is 5.32 Å². The van der Waals surface area contributed by atoms with Gasteiger partial charge >= 0.3 is 0 Å². The molecule has 1 aliphatic rings. The number of hydrogen-bond donors (Lipinski definition) is 1. The van der Waals surface area contributed by atoms with E-state index in [9.17, 15) is 4.39 Å². The first-order valence-electron chi connectivity index (χ1n) is 6.33. The molecular formula is C14H20FNS. The molecule has 17 heavy (non-hydrogen) atoms. The van der Waals surface area contributed by atoms with Gasteiger partial charge in [0.15, 0.2) is 0 Å². The molecule has 1 N–H and O–H groups in total. The Kier molecular flexibility index (Phi) is 4.10. The maximum atomic E-state index is 13.3. The number of rotatable bonds is 3. The van der Waals surface area contributed by atoms with Gasteiger partial charge in [0.25, 0.3) is 0 Å². The molecule has 0 radical (unpaired) electrons. The molecule has 1 aromatic rings. The molecule has 1 aromatic carbocycles. The summed E-state index contributed by atoms with van der Waals surface area (Å²) < 4.78 is 13.3. The smallest absolute Gasteiger partial charge is 0.124 e. The minimum Gasteiger partial charge on any atom is -0.310 e. The normalized spacial score (nSPS) is 27.9. The zero-order chi connectivity index (χ0) is 12.4. The van der Waals surface area contributed by atoms with Crippen LogP contribution in [0.3, 0.4) is 0 Å². The molecule has 1 nitrogen and oxygen atoms in total. The van der Waals surface area contributed by atoms with Crippen molar-refractivity contribution in [2.24, 2.45) is 5.92 Å².